The van der Waals surface area contributed by atoms with Crippen molar-refractivity contribution in [3.63, 3.8) is 0 Å². The second kappa shape index (κ2) is 7.68. The summed E-state index contributed by atoms with van der Waals surface area (Å²) in [6.45, 7) is 2.49. The topological polar surface area (TPSA) is 46.6 Å². The quantitative estimate of drug-likeness (QED) is 0.725. The maximum atomic E-state index is 12.9. The number of benzene rings is 2. The number of nitrogens with zero attached hydrogens (tertiary/aromatic N) is 1. The van der Waals surface area contributed by atoms with E-state index in [0.717, 1.165) is 11.1 Å². The molecule has 4 nitrogen and oxygen atoms in total. The molecule has 2 aromatic rings. The van der Waals surface area contributed by atoms with Crippen molar-refractivity contribution in [3.8, 4) is 0 Å². The Morgan fingerprint density at radius 1 is 1.15 bits per heavy atom. The molecule has 0 fully saturated rings. The molecule has 3 rings (SSSR count). The minimum atomic E-state index is -0.350. The van der Waals surface area contributed by atoms with E-state index in [2.05, 4.69) is 0 Å². The predicted molar refractivity (Wildman–Crippen MR) is 102 cm³/mol. The van der Waals surface area contributed by atoms with Crippen LogP contribution in [-0.4, -0.2) is 30.4 Å². The van der Waals surface area contributed by atoms with Crippen LogP contribution in [0.3, 0.4) is 0 Å². The number of methoxy groups -OCH3 is 1. The Hall–Kier alpha value is -2.04. The number of carbonyl (C=O) groups excluding carboxylic acids is 2. The van der Waals surface area contributed by atoms with E-state index < -0.39 is 0 Å². The van der Waals surface area contributed by atoms with E-state index in [1.807, 2.05) is 24.0 Å². The number of rotatable bonds is 3. The first-order chi connectivity index (χ1) is 12.4. The van der Waals surface area contributed by atoms with Gasteiger partial charge in [0.1, 0.15) is 0 Å². The van der Waals surface area contributed by atoms with Crippen LogP contribution in [0.1, 0.15) is 40.0 Å². The minimum Gasteiger partial charge on any atom is -0.465 e. The predicted octanol–water partition coefficient (Wildman–Crippen LogP) is 4.47. The van der Waals surface area contributed by atoms with E-state index in [-0.39, 0.29) is 24.3 Å². The number of ether oxygens (including phenoxy) is 1. The van der Waals surface area contributed by atoms with E-state index in [1.165, 1.54) is 7.11 Å². The molecule has 0 N–H and O–H groups in total. The standard InChI is InChI=1S/C20H19Cl2NO3/c1-12-13-5-3-6-15(20(25)26-2)14(13)9-10-23(12)19(24)11-16-17(21)7-4-8-18(16)22/h3-8,12H,9-11H2,1-2H3/t12-/m0/s1. The van der Waals surface area contributed by atoms with Crippen molar-refractivity contribution < 1.29 is 14.3 Å². The van der Waals surface area contributed by atoms with E-state index in [4.69, 9.17) is 27.9 Å². The molecule has 1 aliphatic heterocycles. The first kappa shape index (κ1) is 18.7. The molecule has 2 aromatic carbocycles. The van der Waals surface area contributed by atoms with Crippen LogP contribution >= 0.6 is 23.2 Å². The third kappa shape index (κ3) is 3.44. The van der Waals surface area contributed by atoms with Gasteiger partial charge in [0.05, 0.1) is 25.1 Å². The molecule has 0 bridgehead atoms. The average Bonchev–Trinajstić information content (AvgIpc) is 2.64. The van der Waals surface area contributed by atoms with Crippen LogP contribution in [-0.2, 0) is 22.4 Å². The van der Waals surface area contributed by atoms with Gasteiger partial charge in [-0.15, -0.1) is 0 Å². The number of hydrogen-bond acceptors (Lipinski definition) is 3. The largest absolute Gasteiger partial charge is 0.465 e. The van der Waals surface area contributed by atoms with Gasteiger partial charge in [-0.05, 0) is 48.2 Å². The Morgan fingerprint density at radius 2 is 1.81 bits per heavy atom. The van der Waals surface area contributed by atoms with Crippen molar-refractivity contribution >= 4 is 35.1 Å². The van der Waals surface area contributed by atoms with Crippen molar-refractivity contribution in [1.29, 1.82) is 0 Å². The third-order valence-corrected chi connectivity index (χ3v) is 5.56. The molecule has 0 unspecified atom stereocenters. The molecule has 0 spiro atoms. The number of esters is 1. The lowest BCUT2D eigenvalue weighted by atomic mass is 9.89. The highest BCUT2D eigenvalue weighted by molar-refractivity contribution is 6.36. The van der Waals surface area contributed by atoms with Gasteiger partial charge in [0, 0.05) is 16.6 Å². The summed E-state index contributed by atoms with van der Waals surface area (Å²) < 4.78 is 4.87. The number of carbonyl (C=O) groups is 2. The van der Waals surface area contributed by atoms with E-state index in [0.29, 0.717) is 34.1 Å². The normalized spacial score (nSPS) is 16.2. The highest BCUT2D eigenvalue weighted by Crippen LogP contribution is 2.33. The second-order valence-electron chi connectivity index (χ2n) is 6.26. The van der Waals surface area contributed by atoms with E-state index in [9.17, 15) is 9.59 Å². The number of fused-ring (bicyclic) bond motifs is 1. The summed E-state index contributed by atoms with van der Waals surface area (Å²) in [5, 5.41) is 0.979. The van der Waals surface area contributed by atoms with Crippen molar-refractivity contribution in [2.24, 2.45) is 0 Å². The smallest absolute Gasteiger partial charge is 0.338 e. The molecule has 1 atom stereocenters. The fraction of sp³-hybridized carbons (Fsp3) is 0.300. The van der Waals surface area contributed by atoms with Crippen molar-refractivity contribution in [1.82, 2.24) is 4.90 Å². The maximum absolute atomic E-state index is 12.9. The Kier molecular flexibility index (Phi) is 5.54. The van der Waals surface area contributed by atoms with E-state index >= 15 is 0 Å². The first-order valence-electron chi connectivity index (χ1n) is 8.36. The third-order valence-electron chi connectivity index (χ3n) is 4.85. The van der Waals surface area contributed by atoms with Crippen LogP contribution in [0.4, 0.5) is 0 Å². The zero-order valence-electron chi connectivity index (χ0n) is 14.6. The Labute approximate surface area is 162 Å². The first-order valence-corrected chi connectivity index (χ1v) is 9.12. The Bertz CT molecular complexity index is 846. The maximum Gasteiger partial charge on any atom is 0.338 e. The lowest BCUT2D eigenvalue weighted by Gasteiger charge is -2.36. The summed E-state index contributed by atoms with van der Waals surface area (Å²) in [6, 6.07) is 10.6. The highest BCUT2D eigenvalue weighted by atomic mass is 35.5. The zero-order valence-corrected chi connectivity index (χ0v) is 16.1. The summed E-state index contributed by atoms with van der Waals surface area (Å²) in [4.78, 5) is 26.7. The van der Waals surface area contributed by atoms with Gasteiger partial charge in [-0.3, -0.25) is 4.79 Å². The summed E-state index contributed by atoms with van der Waals surface area (Å²) in [6.07, 6.45) is 0.752. The molecule has 0 aromatic heterocycles. The van der Waals surface area contributed by atoms with Gasteiger partial charge in [-0.2, -0.15) is 0 Å². The second-order valence-corrected chi connectivity index (χ2v) is 7.07. The van der Waals surface area contributed by atoms with Crippen molar-refractivity contribution in [2.45, 2.75) is 25.8 Å². The molecule has 0 saturated heterocycles. The number of hydrogen-bond donors (Lipinski definition) is 0. The molecule has 1 amide bonds. The number of halogens is 2. The summed E-state index contributed by atoms with van der Waals surface area (Å²) in [5.41, 5.74) is 3.13. The lowest BCUT2D eigenvalue weighted by molar-refractivity contribution is -0.133. The molecular weight excluding hydrogens is 373 g/mol. The lowest BCUT2D eigenvalue weighted by Crippen LogP contribution is -2.40. The van der Waals surface area contributed by atoms with Crippen LogP contribution < -0.4 is 0 Å². The van der Waals surface area contributed by atoms with Gasteiger partial charge in [0.15, 0.2) is 0 Å². The fourth-order valence-electron chi connectivity index (χ4n) is 3.46. The molecule has 0 aliphatic carbocycles. The summed E-state index contributed by atoms with van der Waals surface area (Å²) >= 11 is 12.4. The Balaban J connectivity index is 1.86. The average molecular weight is 392 g/mol. The molecule has 136 valence electrons. The van der Waals surface area contributed by atoms with Crippen LogP contribution in [0.5, 0.6) is 0 Å². The summed E-state index contributed by atoms with van der Waals surface area (Å²) in [7, 11) is 1.37. The van der Waals surface area contributed by atoms with Crippen LogP contribution in [0, 0.1) is 0 Å². The van der Waals surface area contributed by atoms with Gasteiger partial charge >= 0.3 is 5.97 Å². The monoisotopic (exact) mass is 391 g/mol. The van der Waals surface area contributed by atoms with Gasteiger partial charge in [0.25, 0.3) is 0 Å². The van der Waals surface area contributed by atoms with Gasteiger partial charge in [-0.25, -0.2) is 4.79 Å². The van der Waals surface area contributed by atoms with Gasteiger partial charge in [0.2, 0.25) is 5.91 Å². The molecule has 26 heavy (non-hydrogen) atoms. The fourth-order valence-corrected chi connectivity index (χ4v) is 4.00. The van der Waals surface area contributed by atoms with Crippen molar-refractivity contribution in [2.75, 3.05) is 13.7 Å². The highest BCUT2D eigenvalue weighted by Gasteiger charge is 2.30. The summed E-state index contributed by atoms with van der Waals surface area (Å²) in [5.74, 6) is -0.390. The SMILES string of the molecule is COC(=O)c1cccc2c1CCN(C(=O)Cc1c(Cl)cccc1Cl)[C@H]2C. The van der Waals surface area contributed by atoms with Crippen LogP contribution in [0.15, 0.2) is 36.4 Å². The number of amides is 1. The molecule has 1 aliphatic rings. The Morgan fingerprint density at radius 3 is 2.46 bits per heavy atom. The molecule has 1 heterocycles. The van der Waals surface area contributed by atoms with E-state index in [1.54, 1.807) is 24.3 Å². The van der Waals surface area contributed by atoms with Crippen LogP contribution in [0.2, 0.25) is 10.0 Å². The molecule has 6 heteroatoms. The molecular formula is C20H19Cl2NO3. The van der Waals surface area contributed by atoms with Gasteiger partial charge < -0.3 is 9.64 Å². The minimum absolute atomic E-state index is 0.0402. The zero-order chi connectivity index (χ0) is 18.8. The molecule has 0 radical (unpaired) electrons. The van der Waals surface area contributed by atoms with Crippen LogP contribution in [0.25, 0.3) is 0 Å². The van der Waals surface area contributed by atoms with Gasteiger partial charge in [-0.1, -0.05) is 41.4 Å². The molecule has 0 saturated carbocycles. The van der Waals surface area contributed by atoms with Crippen molar-refractivity contribution in [3.05, 3.63) is 68.7 Å².